The fourth-order valence-electron chi connectivity index (χ4n) is 2.38. The van der Waals surface area contributed by atoms with Gasteiger partial charge in [0.25, 0.3) is 0 Å². The normalized spacial score (nSPS) is 16.6. The Morgan fingerprint density at radius 1 is 1.38 bits per heavy atom. The highest BCUT2D eigenvalue weighted by molar-refractivity contribution is 6.31. The highest BCUT2D eigenvalue weighted by Gasteiger charge is 2.22. The van der Waals surface area contributed by atoms with Gasteiger partial charge in [0, 0.05) is 17.4 Å². The molecule has 0 unspecified atom stereocenters. The first-order valence-corrected chi connectivity index (χ1v) is 6.32. The van der Waals surface area contributed by atoms with Gasteiger partial charge in [-0.25, -0.2) is 0 Å². The molecule has 16 heavy (non-hydrogen) atoms. The minimum Gasteiger partial charge on any atom is -0.299 e. The lowest BCUT2D eigenvalue weighted by atomic mass is 9.96. The average molecular weight is 237 g/mol. The van der Waals surface area contributed by atoms with Gasteiger partial charge in [-0.05, 0) is 37.0 Å². The summed E-state index contributed by atoms with van der Waals surface area (Å²) in [5.74, 6) is 0.653. The van der Waals surface area contributed by atoms with E-state index in [1.165, 1.54) is 12.8 Å². The van der Waals surface area contributed by atoms with Crippen LogP contribution in [0.25, 0.3) is 0 Å². The Balaban J connectivity index is 2.05. The molecule has 86 valence electrons. The molecular weight excluding hydrogens is 220 g/mol. The summed E-state index contributed by atoms with van der Waals surface area (Å²) in [7, 11) is 0. The summed E-state index contributed by atoms with van der Waals surface area (Å²) in [5, 5.41) is 0.728. The largest absolute Gasteiger partial charge is 0.299 e. The molecule has 1 fully saturated rings. The maximum atomic E-state index is 12.0. The smallest absolute Gasteiger partial charge is 0.140 e. The van der Waals surface area contributed by atoms with Gasteiger partial charge in [0.15, 0.2) is 0 Å². The van der Waals surface area contributed by atoms with Gasteiger partial charge in [-0.3, -0.25) is 4.79 Å². The molecule has 0 saturated heterocycles. The lowest BCUT2D eigenvalue weighted by molar-refractivity contribution is -0.122. The van der Waals surface area contributed by atoms with Crippen LogP contribution in [-0.4, -0.2) is 5.78 Å². The van der Waals surface area contributed by atoms with E-state index >= 15 is 0 Å². The Labute approximate surface area is 102 Å². The van der Waals surface area contributed by atoms with Crippen LogP contribution in [0.2, 0.25) is 5.02 Å². The third-order valence-corrected chi connectivity index (χ3v) is 3.74. The topological polar surface area (TPSA) is 17.1 Å². The van der Waals surface area contributed by atoms with Crippen LogP contribution in [0.4, 0.5) is 0 Å². The SMILES string of the molecule is Cc1ccc(CC(=O)C2CCCC2)c(Cl)c1. The summed E-state index contributed by atoms with van der Waals surface area (Å²) >= 11 is 6.13. The Morgan fingerprint density at radius 2 is 2.06 bits per heavy atom. The summed E-state index contributed by atoms with van der Waals surface area (Å²) in [6.45, 7) is 2.01. The predicted octanol–water partition coefficient (Wildman–Crippen LogP) is 3.95. The number of Topliss-reactive ketones (excluding diaryl/α,β-unsaturated/α-hetero) is 1. The van der Waals surface area contributed by atoms with Crippen molar-refractivity contribution >= 4 is 17.4 Å². The third-order valence-electron chi connectivity index (χ3n) is 3.38. The molecule has 2 heteroatoms. The third kappa shape index (κ3) is 2.65. The predicted molar refractivity (Wildman–Crippen MR) is 66.9 cm³/mol. The fourth-order valence-corrected chi connectivity index (χ4v) is 2.68. The molecule has 0 heterocycles. The molecule has 1 saturated carbocycles. The monoisotopic (exact) mass is 236 g/mol. The van der Waals surface area contributed by atoms with E-state index in [4.69, 9.17) is 11.6 Å². The van der Waals surface area contributed by atoms with Crippen molar-refractivity contribution in [2.45, 2.75) is 39.0 Å². The molecule has 0 radical (unpaired) electrons. The highest BCUT2D eigenvalue weighted by Crippen LogP contribution is 2.28. The summed E-state index contributed by atoms with van der Waals surface area (Å²) in [6.07, 6.45) is 5.06. The molecule has 0 aromatic heterocycles. The lowest BCUT2D eigenvalue weighted by Gasteiger charge is -2.09. The molecule has 0 bridgehead atoms. The fraction of sp³-hybridized carbons (Fsp3) is 0.500. The quantitative estimate of drug-likeness (QED) is 0.777. The van der Waals surface area contributed by atoms with E-state index in [0.717, 1.165) is 29.0 Å². The van der Waals surface area contributed by atoms with Gasteiger partial charge in [0.05, 0.1) is 0 Å². The summed E-state index contributed by atoms with van der Waals surface area (Å²) in [4.78, 5) is 12.0. The van der Waals surface area contributed by atoms with Crippen molar-refractivity contribution in [2.24, 2.45) is 5.92 Å². The van der Waals surface area contributed by atoms with Crippen molar-refractivity contribution in [3.8, 4) is 0 Å². The van der Waals surface area contributed by atoms with Crippen molar-refractivity contribution < 1.29 is 4.79 Å². The molecule has 0 amide bonds. The van der Waals surface area contributed by atoms with Crippen LogP contribution in [0.3, 0.4) is 0 Å². The van der Waals surface area contributed by atoms with Crippen LogP contribution in [-0.2, 0) is 11.2 Å². The first-order valence-electron chi connectivity index (χ1n) is 5.94. The Bertz CT molecular complexity index is 392. The van der Waals surface area contributed by atoms with Gasteiger partial charge in [-0.15, -0.1) is 0 Å². The summed E-state index contributed by atoms with van der Waals surface area (Å²) < 4.78 is 0. The molecule has 1 aliphatic carbocycles. The van der Waals surface area contributed by atoms with E-state index in [-0.39, 0.29) is 5.92 Å². The van der Waals surface area contributed by atoms with E-state index in [2.05, 4.69) is 0 Å². The van der Waals surface area contributed by atoms with Gasteiger partial charge < -0.3 is 0 Å². The number of aryl methyl sites for hydroxylation is 1. The number of rotatable bonds is 3. The average Bonchev–Trinajstić information content (AvgIpc) is 2.75. The molecule has 1 aliphatic rings. The van der Waals surface area contributed by atoms with Gasteiger partial charge in [-0.1, -0.05) is 36.6 Å². The molecular formula is C14H17ClO. The van der Waals surface area contributed by atoms with Gasteiger partial charge in [-0.2, -0.15) is 0 Å². The Morgan fingerprint density at radius 3 is 2.69 bits per heavy atom. The van der Waals surface area contributed by atoms with Crippen LogP contribution in [0, 0.1) is 12.8 Å². The molecule has 2 rings (SSSR count). The Hall–Kier alpha value is -0.820. The number of halogens is 1. The lowest BCUT2D eigenvalue weighted by Crippen LogP contribution is -2.13. The van der Waals surface area contributed by atoms with Crippen molar-refractivity contribution in [3.05, 3.63) is 34.3 Å². The van der Waals surface area contributed by atoms with Crippen LogP contribution in [0.15, 0.2) is 18.2 Å². The first-order chi connectivity index (χ1) is 7.66. The number of hydrogen-bond donors (Lipinski definition) is 0. The second-order valence-corrected chi connectivity index (χ2v) is 5.13. The molecule has 1 aromatic carbocycles. The van der Waals surface area contributed by atoms with E-state index in [1.807, 2.05) is 25.1 Å². The van der Waals surface area contributed by atoms with E-state index in [9.17, 15) is 4.79 Å². The highest BCUT2D eigenvalue weighted by atomic mass is 35.5. The minimum absolute atomic E-state index is 0.289. The van der Waals surface area contributed by atoms with E-state index < -0.39 is 0 Å². The van der Waals surface area contributed by atoms with Gasteiger partial charge in [0.2, 0.25) is 0 Å². The standard InChI is InChI=1S/C14H17ClO/c1-10-6-7-12(13(15)8-10)9-14(16)11-4-2-3-5-11/h6-8,11H,2-5,9H2,1H3. The van der Waals surface area contributed by atoms with E-state index in [1.54, 1.807) is 0 Å². The van der Waals surface area contributed by atoms with E-state index in [0.29, 0.717) is 12.2 Å². The zero-order chi connectivity index (χ0) is 11.5. The number of hydrogen-bond acceptors (Lipinski definition) is 1. The number of ketones is 1. The minimum atomic E-state index is 0.289. The number of carbonyl (C=O) groups is 1. The molecule has 1 nitrogen and oxygen atoms in total. The van der Waals surface area contributed by atoms with Crippen molar-refractivity contribution in [3.63, 3.8) is 0 Å². The number of carbonyl (C=O) groups excluding carboxylic acids is 1. The molecule has 0 aliphatic heterocycles. The second kappa shape index (κ2) is 5.01. The van der Waals surface area contributed by atoms with Gasteiger partial charge in [0.1, 0.15) is 5.78 Å². The van der Waals surface area contributed by atoms with Crippen molar-refractivity contribution in [2.75, 3.05) is 0 Å². The maximum absolute atomic E-state index is 12.0. The maximum Gasteiger partial charge on any atom is 0.140 e. The van der Waals surface area contributed by atoms with Crippen LogP contribution in [0.5, 0.6) is 0 Å². The van der Waals surface area contributed by atoms with Gasteiger partial charge >= 0.3 is 0 Å². The second-order valence-electron chi connectivity index (χ2n) is 4.72. The summed E-state index contributed by atoms with van der Waals surface area (Å²) in [6, 6.07) is 5.92. The van der Waals surface area contributed by atoms with Crippen LogP contribution in [0.1, 0.15) is 36.8 Å². The summed E-state index contributed by atoms with van der Waals surface area (Å²) in [5.41, 5.74) is 2.12. The molecule has 0 atom stereocenters. The van der Waals surface area contributed by atoms with Crippen molar-refractivity contribution in [1.29, 1.82) is 0 Å². The molecule has 0 N–H and O–H groups in total. The molecule has 0 spiro atoms. The Kier molecular flexibility index (Phi) is 3.65. The zero-order valence-corrected chi connectivity index (χ0v) is 10.4. The first kappa shape index (κ1) is 11.7. The number of benzene rings is 1. The van der Waals surface area contributed by atoms with Crippen LogP contribution < -0.4 is 0 Å². The van der Waals surface area contributed by atoms with Crippen molar-refractivity contribution in [1.82, 2.24) is 0 Å². The van der Waals surface area contributed by atoms with Crippen LogP contribution >= 0.6 is 11.6 Å². The zero-order valence-electron chi connectivity index (χ0n) is 9.63. The molecule has 1 aromatic rings.